The third-order valence-corrected chi connectivity index (χ3v) is 2.47. The SMILES string of the molecule is Cc1nn(C(C)C)c(NCCN(C)C)c1N. The van der Waals surface area contributed by atoms with Crippen LogP contribution in [-0.2, 0) is 0 Å². The molecule has 1 aromatic rings. The van der Waals surface area contributed by atoms with Crippen molar-refractivity contribution in [1.82, 2.24) is 14.7 Å². The lowest BCUT2D eigenvalue weighted by atomic mass is 10.3. The molecule has 5 nitrogen and oxygen atoms in total. The van der Waals surface area contributed by atoms with E-state index in [-0.39, 0.29) is 0 Å². The lowest BCUT2D eigenvalue weighted by Crippen LogP contribution is -2.22. The Hall–Kier alpha value is -1.23. The van der Waals surface area contributed by atoms with Crippen LogP contribution >= 0.6 is 0 Å². The number of hydrogen-bond acceptors (Lipinski definition) is 4. The molecular weight excluding hydrogens is 202 g/mol. The van der Waals surface area contributed by atoms with Crippen LogP contribution in [0.3, 0.4) is 0 Å². The number of nitrogens with zero attached hydrogens (tertiary/aromatic N) is 3. The lowest BCUT2D eigenvalue weighted by molar-refractivity contribution is 0.424. The number of aryl methyl sites for hydroxylation is 1. The molecule has 0 atom stereocenters. The van der Waals surface area contributed by atoms with Gasteiger partial charge >= 0.3 is 0 Å². The molecular formula is C11H23N5. The highest BCUT2D eigenvalue weighted by atomic mass is 15.4. The second-order valence-corrected chi connectivity index (χ2v) is 4.62. The van der Waals surface area contributed by atoms with Gasteiger partial charge in [-0.25, -0.2) is 4.68 Å². The minimum Gasteiger partial charge on any atom is -0.394 e. The van der Waals surface area contributed by atoms with Crippen molar-refractivity contribution in [3.05, 3.63) is 5.69 Å². The number of nitrogens with one attached hydrogen (secondary N) is 1. The first-order chi connectivity index (χ1) is 7.43. The summed E-state index contributed by atoms with van der Waals surface area (Å²) in [7, 11) is 4.10. The number of hydrogen-bond donors (Lipinski definition) is 2. The van der Waals surface area contributed by atoms with E-state index in [0.29, 0.717) is 6.04 Å². The fourth-order valence-corrected chi connectivity index (χ4v) is 1.51. The van der Waals surface area contributed by atoms with Crippen LogP contribution in [0.4, 0.5) is 11.5 Å². The van der Waals surface area contributed by atoms with Gasteiger partial charge in [0.2, 0.25) is 0 Å². The van der Waals surface area contributed by atoms with E-state index in [4.69, 9.17) is 5.73 Å². The Morgan fingerprint density at radius 2 is 2.06 bits per heavy atom. The average molecular weight is 225 g/mol. The standard InChI is InChI=1S/C11H23N5/c1-8(2)16-11(10(12)9(3)14-16)13-6-7-15(4)5/h8,13H,6-7,12H2,1-5H3. The first-order valence-corrected chi connectivity index (χ1v) is 5.66. The maximum atomic E-state index is 6.00. The minimum atomic E-state index is 0.317. The van der Waals surface area contributed by atoms with E-state index >= 15 is 0 Å². The van der Waals surface area contributed by atoms with E-state index in [1.807, 2.05) is 11.6 Å². The number of nitrogens with two attached hydrogens (primary N) is 1. The molecule has 0 fully saturated rings. The molecule has 16 heavy (non-hydrogen) atoms. The number of rotatable bonds is 5. The van der Waals surface area contributed by atoms with Crippen LogP contribution in [0.2, 0.25) is 0 Å². The molecule has 0 spiro atoms. The molecule has 0 saturated heterocycles. The maximum absolute atomic E-state index is 6.00. The molecule has 0 aliphatic heterocycles. The Balaban J connectivity index is 2.77. The van der Waals surface area contributed by atoms with Crippen molar-refractivity contribution in [2.45, 2.75) is 26.8 Å². The van der Waals surface area contributed by atoms with Crippen molar-refractivity contribution in [2.24, 2.45) is 0 Å². The molecule has 0 unspecified atom stereocenters. The third kappa shape index (κ3) is 2.88. The molecule has 0 radical (unpaired) electrons. The fourth-order valence-electron chi connectivity index (χ4n) is 1.51. The summed E-state index contributed by atoms with van der Waals surface area (Å²) in [6, 6.07) is 0.317. The van der Waals surface area contributed by atoms with E-state index in [9.17, 15) is 0 Å². The topological polar surface area (TPSA) is 59.1 Å². The second kappa shape index (κ2) is 5.21. The third-order valence-electron chi connectivity index (χ3n) is 2.47. The van der Waals surface area contributed by atoms with Gasteiger partial charge in [0, 0.05) is 19.1 Å². The molecule has 1 rings (SSSR count). The molecule has 0 aromatic carbocycles. The lowest BCUT2D eigenvalue weighted by Gasteiger charge is -2.15. The first-order valence-electron chi connectivity index (χ1n) is 5.66. The summed E-state index contributed by atoms with van der Waals surface area (Å²) < 4.78 is 1.94. The Labute approximate surface area is 97.6 Å². The summed E-state index contributed by atoms with van der Waals surface area (Å²) in [6.45, 7) is 7.98. The number of likely N-dealkylation sites (N-methyl/N-ethyl adjacent to an activating group) is 1. The molecule has 92 valence electrons. The van der Waals surface area contributed by atoms with Crippen LogP contribution < -0.4 is 11.1 Å². The van der Waals surface area contributed by atoms with Crippen molar-refractivity contribution < 1.29 is 0 Å². The van der Waals surface area contributed by atoms with E-state index in [1.54, 1.807) is 0 Å². The predicted molar refractivity (Wildman–Crippen MR) is 68.8 cm³/mol. The molecule has 3 N–H and O–H groups in total. The monoisotopic (exact) mass is 225 g/mol. The van der Waals surface area contributed by atoms with E-state index in [1.165, 1.54) is 0 Å². The molecule has 0 aliphatic carbocycles. The van der Waals surface area contributed by atoms with Crippen LogP contribution in [0.15, 0.2) is 0 Å². The van der Waals surface area contributed by atoms with Crippen molar-refractivity contribution in [2.75, 3.05) is 38.2 Å². The average Bonchev–Trinajstić information content (AvgIpc) is 2.45. The number of nitrogen functional groups attached to an aromatic ring is 1. The van der Waals surface area contributed by atoms with Gasteiger partial charge in [-0.05, 0) is 34.9 Å². The van der Waals surface area contributed by atoms with Crippen molar-refractivity contribution in [1.29, 1.82) is 0 Å². The zero-order valence-corrected chi connectivity index (χ0v) is 10.9. The Kier molecular flexibility index (Phi) is 4.18. The first kappa shape index (κ1) is 12.8. The summed E-state index contributed by atoms with van der Waals surface area (Å²) >= 11 is 0. The van der Waals surface area contributed by atoms with Crippen LogP contribution in [0.1, 0.15) is 25.6 Å². The zero-order valence-electron chi connectivity index (χ0n) is 10.9. The van der Waals surface area contributed by atoms with Gasteiger partial charge in [-0.1, -0.05) is 0 Å². The molecule has 0 amide bonds. The van der Waals surface area contributed by atoms with Crippen LogP contribution in [0, 0.1) is 6.92 Å². The molecule has 5 heteroatoms. The number of anilines is 2. The highest BCUT2D eigenvalue weighted by molar-refractivity contribution is 5.64. The van der Waals surface area contributed by atoms with Gasteiger partial charge in [0.25, 0.3) is 0 Å². The van der Waals surface area contributed by atoms with Gasteiger partial charge in [-0.3, -0.25) is 0 Å². The van der Waals surface area contributed by atoms with E-state index in [0.717, 1.165) is 30.3 Å². The van der Waals surface area contributed by atoms with Gasteiger partial charge in [0.05, 0.1) is 11.4 Å². The van der Waals surface area contributed by atoms with E-state index in [2.05, 4.69) is 43.3 Å². The van der Waals surface area contributed by atoms with Crippen molar-refractivity contribution in [3.63, 3.8) is 0 Å². The number of aromatic nitrogens is 2. The zero-order chi connectivity index (χ0) is 12.3. The van der Waals surface area contributed by atoms with Crippen molar-refractivity contribution in [3.8, 4) is 0 Å². The Morgan fingerprint density at radius 3 is 2.56 bits per heavy atom. The predicted octanol–water partition coefficient (Wildman–Crippen LogP) is 1.33. The highest BCUT2D eigenvalue weighted by Crippen LogP contribution is 2.25. The Morgan fingerprint density at radius 1 is 1.44 bits per heavy atom. The summed E-state index contributed by atoms with van der Waals surface area (Å²) in [5.74, 6) is 0.939. The van der Waals surface area contributed by atoms with Crippen LogP contribution in [-0.4, -0.2) is 41.9 Å². The highest BCUT2D eigenvalue weighted by Gasteiger charge is 2.13. The molecule has 0 saturated carbocycles. The molecule has 0 aliphatic rings. The van der Waals surface area contributed by atoms with Gasteiger partial charge in [0.15, 0.2) is 0 Å². The normalized spacial score (nSPS) is 11.4. The molecule has 1 heterocycles. The van der Waals surface area contributed by atoms with Gasteiger partial charge < -0.3 is 16.0 Å². The van der Waals surface area contributed by atoms with Crippen LogP contribution in [0.25, 0.3) is 0 Å². The summed E-state index contributed by atoms with van der Waals surface area (Å²) in [5.41, 5.74) is 7.65. The van der Waals surface area contributed by atoms with Gasteiger partial charge in [0.1, 0.15) is 5.82 Å². The maximum Gasteiger partial charge on any atom is 0.148 e. The smallest absolute Gasteiger partial charge is 0.148 e. The summed E-state index contributed by atoms with van der Waals surface area (Å²) in [4.78, 5) is 2.13. The minimum absolute atomic E-state index is 0.317. The summed E-state index contributed by atoms with van der Waals surface area (Å²) in [5, 5.41) is 7.77. The molecule has 0 bridgehead atoms. The summed E-state index contributed by atoms with van der Waals surface area (Å²) in [6.07, 6.45) is 0. The van der Waals surface area contributed by atoms with E-state index < -0.39 is 0 Å². The second-order valence-electron chi connectivity index (χ2n) is 4.62. The van der Waals surface area contributed by atoms with Crippen molar-refractivity contribution >= 4 is 11.5 Å². The fraction of sp³-hybridized carbons (Fsp3) is 0.727. The largest absolute Gasteiger partial charge is 0.394 e. The molecule has 1 aromatic heterocycles. The van der Waals surface area contributed by atoms with Crippen LogP contribution in [0.5, 0.6) is 0 Å². The van der Waals surface area contributed by atoms with Gasteiger partial charge in [-0.15, -0.1) is 0 Å². The Bertz CT molecular complexity index is 340. The quantitative estimate of drug-likeness (QED) is 0.793. The van der Waals surface area contributed by atoms with Gasteiger partial charge in [-0.2, -0.15) is 5.10 Å².